The Morgan fingerprint density at radius 1 is 0.941 bits per heavy atom. The van der Waals surface area contributed by atoms with Gasteiger partial charge in [0.05, 0.1) is 17.5 Å². The van der Waals surface area contributed by atoms with Crippen molar-refractivity contribution < 1.29 is 9.63 Å². The van der Waals surface area contributed by atoms with Crippen LogP contribution in [0, 0.1) is 0 Å². The van der Waals surface area contributed by atoms with Crippen molar-refractivity contribution >= 4 is 6.41 Å². The highest BCUT2D eigenvalue weighted by Crippen LogP contribution is 2.30. The van der Waals surface area contributed by atoms with E-state index in [-0.39, 0.29) is 0 Å². The minimum absolute atomic E-state index is 0.443. The molecule has 0 aliphatic heterocycles. The predicted octanol–water partition coefficient (Wildman–Crippen LogP) is 5.02. The number of aromatic nitrogens is 4. The molecule has 34 heavy (non-hydrogen) atoms. The fraction of sp³-hybridized carbons (Fsp3) is 0.259. The van der Waals surface area contributed by atoms with Gasteiger partial charge in [0.1, 0.15) is 11.9 Å². The zero-order valence-electron chi connectivity index (χ0n) is 19.9. The number of hydrogen-bond acceptors (Lipinski definition) is 5. The van der Waals surface area contributed by atoms with Crippen LogP contribution < -0.4 is 0 Å². The molecule has 4 aromatic rings. The van der Waals surface area contributed by atoms with E-state index >= 15 is 0 Å². The van der Waals surface area contributed by atoms with Crippen LogP contribution in [0.4, 0.5) is 0 Å². The topological polar surface area (TPSA) is 73.1 Å². The van der Waals surface area contributed by atoms with Crippen molar-refractivity contribution in [3.05, 3.63) is 90.9 Å². The highest BCUT2D eigenvalue weighted by Gasteiger charge is 2.29. The third kappa shape index (κ3) is 5.38. The summed E-state index contributed by atoms with van der Waals surface area (Å²) in [7, 11) is 1.96. The van der Waals surface area contributed by atoms with Crippen molar-refractivity contribution in [1.29, 1.82) is 0 Å². The monoisotopic (exact) mass is 455 g/mol. The van der Waals surface area contributed by atoms with Crippen LogP contribution in [-0.4, -0.2) is 36.6 Å². The first-order valence-electron chi connectivity index (χ1n) is 11.2. The SMILES string of the molecule is Cn1c(-c2ccc(-c3ccncc3)cc2)cnc1[C@H](Cc1ccccn1)N(C=O)OC(C)(C)C. The molecule has 0 aliphatic carbocycles. The van der Waals surface area contributed by atoms with Crippen LogP contribution in [0.3, 0.4) is 0 Å². The Labute approximate surface area is 200 Å². The predicted molar refractivity (Wildman–Crippen MR) is 131 cm³/mol. The number of hydrogen-bond donors (Lipinski definition) is 0. The van der Waals surface area contributed by atoms with E-state index < -0.39 is 11.6 Å². The molecule has 1 atom stereocenters. The lowest BCUT2D eigenvalue weighted by atomic mass is 10.0. The maximum Gasteiger partial charge on any atom is 0.234 e. The molecule has 7 nitrogen and oxygen atoms in total. The van der Waals surface area contributed by atoms with Gasteiger partial charge in [-0.25, -0.2) is 10.0 Å². The second-order valence-corrected chi connectivity index (χ2v) is 9.08. The molecule has 0 unspecified atom stereocenters. The van der Waals surface area contributed by atoms with Gasteiger partial charge in [-0.2, -0.15) is 0 Å². The molecule has 4 rings (SSSR count). The van der Waals surface area contributed by atoms with Crippen LogP contribution in [0.5, 0.6) is 0 Å². The van der Waals surface area contributed by atoms with Gasteiger partial charge < -0.3 is 4.57 Å². The van der Waals surface area contributed by atoms with E-state index in [1.165, 1.54) is 5.06 Å². The molecule has 174 valence electrons. The van der Waals surface area contributed by atoms with Crippen LogP contribution in [-0.2, 0) is 23.1 Å². The summed E-state index contributed by atoms with van der Waals surface area (Å²) in [6.07, 6.45) is 8.35. The second-order valence-electron chi connectivity index (χ2n) is 9.08. The van der Waals surface area contributed by atoms with Crippen LogP contribution in [0.25, 0.3) is 22.4 Å². The summed E-state index contributed by atoms with van der Waals surface area (Å²) < 4.78 is 2.01. The van der Waals surface area contributed by atoms with E-state index in [0.29, 0.717) is 6.42 Å². The second kappa shape index (κ2) is 9.97. The van der Waals surface area contributed by atoms with Gasteiger partial charge in [0.25, 0.3) is 0 Å². The third-order valence-electron chi connectivity index (χ3n) is 5.44. The third-order valence-corrected chi connectivity index (χ3v) is 5.44. The smallest absolute Gasteiger partial charge is 0.234 e. The number of benzene rings is 1. The molecule has 1 amide bonds. The molecule has 3 aromatic heterocycles. The Kier molecular flexibility index (Phi) is 6.84. The van der Waals surface area contributed by atoms with Crippen molar-refractivity contribution in [3.63, 3.8) is 0 Å². The van der Waals surface area contributed by atoms with E-state index in [1.54, 1.807) is 18.6 Å². The number of carbonyl (C=O) groups excluding carboxylic acids is 1. The van der Waals surface area contributed by atoms with E-state index in [2.05, 4.69) is 34.2 Å². The molecule has 3 heterocycles. The standard InChI is InChI=1S/C27H29N5O2/c1-27(2,3)34-32(19-33)24(17-23-7-5-6-14-29-23)26-30-18-25(31(26)4)22-10-8-20(9-11-22)21-12-15-28-16-13-21/h5-16,18-19,24H,17H2,1-4H3/t24-/m0/s1. The Bertz CT molecular complexity index is 1220. The molecule has 0 saturated carbocycles. The van der Waals surface area contributed by atoms with Crippen molar-refractivity contribution in [2.75, 3.05) is 0 Å². The molecule has 0 saturated heterocycles. The molecule has 1 aromatic carbocycles. The number of pyridine rings is 2. The summed E-state index contributed by atoms with van der Waals surface area (Å²) in [5.41, 5.74) is 4.52. The number of hydroxylamine groups is 2. The molecule has 0 spiro atoms. The Hall–Kier alpha value is -3.84. The zero-order valence-corrected chi connectivity index (χ0v) is 19.9. The summed E-state index contributed by atoms with van der Waals surface area (Å²) in [6.45, 7) is 5.74. The van der Waals surface area contributed by atoms with Gasteiger partial charge in [0.2, 0.25) is 6.41 Å². The number of nitrogens with zero attached hydrogens (tertiary/aromatic N) is 5. The minimum atomic E-state index is -0.542. The van der Waals surface area contributed by atoms with Gasteiger partial charge in [-0.1, -0.05) is 30.3 Å². The van der Waals surface area contributed by atoms with Gasteiger partial charge in [0, 0.05) is 37.8 Å². The first-order valence-corrected chi connectivity index (χ1v) is 11.2. The quantitative estimate of drug-likeness (QED) is 0.276. The Morgan fingerprint density at radius 2 is 1.62 bits per heavy atom. The lowest BCUT2D eigenvalue weighted by Gasteiger charge is -2.32. The number of rotatable bonds is 8. The van der Waals surface area contributed by atoms with Crippen LogP contribution >= 0.6 is 0 Å². The highest BCUT2D eigenvalue weighted by atomic mass is 16.7. The Morgan fingerprint density at radius 3 is 2.24 bits per heavy atom. The zero-order chi connectivity index (χ0) is 24.1. The maximum absolute atomic E-state index is 12.1. The maximum atomic E-state index is 12.1. The number of imidazole rings is 1. The molecule has 0 bridgehead atoms. The molecule has 0 fully saturated rings. The minimum Gasteiger partial charge on any atom is -0.329 e. The van der Waals surface area contributed by atoms with Crippen molar-refractivity contribution in [1.82, 2.24) is 24.6 Å². The fourth-order valence-corrected chi connectivity index (χ4v) is 3.87. The first-order chi connectivity index (χ1) is 16.4. The summed E-state index contributed by atoms with van der Waals surface area (Å²) >= 11 is 0. The number of carbonyl (C=O) groups is 1. The van der Waals surface area contributed by atoms with Crippen molar-refractivity contribution in [3.8, 4) is 22.4 Å². The van der Waals surface area contributed by atoms with E-state index in [9.17, 15) is 4.79 Å². The Balaban J connectivity index is 1.68. The highest BCUT2D eigenvalue weighted by molar-refractivity contribution is 5.68. The molecular weight excluding hydrogens is 426 g/mol. The van der Waals surface area contributed by atoms with Crippen molar-refractivity contribution in [2.45, 2.75) is 38.8 Å². The average Bonchev–Trinajstić information content (AvgIpc) is 3.23. The van der Waals surface area contributed by atoms with E-state index in [4.69, 9.17) is 9.82 Å². The molecule has 0 aliphatic rings. The lowest BCUT2D eigenvalue weighted by Crippen LogP contribution is -2.38. The van der Waals surface area contributed by atoms with Gasteiger partial charge >= 0.3 is 0 Å². The summed E-state index contributed by atoms with van der Waals surface area (Å²) in [5, 5.41) is 1.35. The summed E-state index contributed by atoms with van der Waals surface area (Å²) in [4.78, 5) is 31.3. The van der Waals surface area contributed by atoms with Gasteiger partial charge in [-0.05, 0) is 61.7 Å². The first kappa shape index (κ1) is 23.3. The van der Waals surface area contributed by atoms with E-state index in [0.717, 1.165) is 40.3 Å². The van der Waals surface area contributed by atoms with Crippen LogP contribution in [0.1, 0.15) is 38.3 Å². The summed E-state index contributed by atoms with van der Waals surface area (Å²) in [6, 6.07) is 17.6. The van der Waals surface area contributed by atoms with Crippen LogP contribution in [0.2, 0.25) is 0 Å². The van der Waals surface area contributed by atoms with Gasteiger partial charge in [-0.3, -0.25) is 19.6 Å². The lowest BCUT2D eigenvalue weighted by molar-refractivity contribution is -0.235. The van der Waals surface area contributed by atoms with Gasteiger partial charge in [0.15, 0.2) is 0 Å². The molecule has 7 heteroatoms. The number of amides is 1. The van der Waals surface area contributed by atoms with E-state index in [1.807, 2.05) is 68.9 Å². The fourth-order valence-electron chi connectivity index (χ4n) is 3.87. The van der Waals surface area contributed by atoms with Gasteiger partial charge in [-0.15, -0.1) is 0 Å². The molecular formula is C27H29N5O2. The largest absolute Gasteiger partial charge is 0.329 e. The average molecular weight is 456 g/mol. The molecule has 0 N–H and O–H groups in total. The molecule has 0 radical (unpaired) electrons. The van der Waals surface area contributed by atoms with Crippen LogP contribution in [0.15, 0.2) is 79.4 Å². The van der Waals surface area contributed by atoms with Crippen molar-refractivity contribution in [2.24, 2.45) is 7.05 Å². The summed E-state index contributed by atoms with van der Waals surface area (Å²) in [5.74, 6) is 0.718. The normalized spacial score (nSPS) is 12.4.